The zero-order valence-corrected chi connectivity index (χ0v) is 17.8. The van der Waals surface area contributed by atoms with Gasteiger partial charge in [0.25, 0.3) is 0 Å². The maximum Gasteiger partial charge on any atom is 0.303 e. The molecule has 2 aromatic carbocycles. The van der Waals surface area contributed by atoms with Crippen molar-refractivity contribution >= 4 is 24.1 Å². The van der Waals surface area contributed by atoms with E-state index in [2.05, 4.69) is 12.2 Å². The van der Waals surface area contributed by atoms with Crippen LogP contribution in [0.5, 0.6) is 0 Å². The van der Waals surface area contributed by atoms with E-state index >= 15 is 0 Å². The van der Waals surface area contributed by atoms with E-state index < -0.39 is 11.2 Å². The first-order chi connectivity index (χ1) is 15.0. The van der Waals surface area contributed by atoms with E-state index in [1.807, 2.05) is 60.7 Å². The minimum atomic E-state index is -0.939. The van der Waals surface area contributed by atoms with Gasteiger partial charge in [-0.3, -0.25) is 9.59 Å². The minimum Gasteiger partial charge on any atom is -0.450 e. The van der Waals surface area contributed by atoms with Crippen LogP contribution in [0.3, 0.4) is 0 Å². The van der Waals surface area contributed by atoms with Crippen LogP contribution >= 0.6 is 0 Å². The molecule has 4 unspecified atom stereocenters. The van der Waals surface area contributed by atoms with Crippen molar-refractivity contribution in [3.05, 3.63) is 82.9 Å². The second-order valence-electron chi connectivity index (χ2n) is 8.86. The van der Waals surface area contributed by atoms with E-state index in [4.69, 9.17) is 9.47 Å². The molecule has 4 nitrogen and oxygen atoms in total. The quantitative estimate of drug-likeness (QED) is 0.645. The molecule has 0 N–H and O–H groups in total. The lowest BCUT2D eigenvalue weighted by Gasteiger charge is -2.40. The van der Waals surface area contributed by atoms with Gasteiger partial charge in [0.15, 0.2) is 11.2 Å². The molecule has 0 spiro atoms. The summed E-state index contributed by atoms with van der Waals surface area (Å²) in [7, 11) is 0. The van der Waals surface area contributed by atoms with Crippen molar-refractivity contribution in [1.29, 1.82) is 0 Å². The maximum atomic E-state index is 12.4. The van der Waals surface area contributed by atoms with Gasteiger partial charge in [0.2, 0.25) is 0 Å². The second kappa shape index (κ2) is 7.23. The molecule has 3 saturated carbocycles. The Morgan fingerprint density at radius 3 is 1.48 bits per heavy atom. The second-order valence-corrected chi connectivity index (χ2v) is 8.86. The first-order valence-corrected chi connectivity index (χ1v) is 10.9. The Kier molecular flexibility index (Phi) is 4.62. The molecule has 4 atom stereocenters. The van der Waals surface area contributed by atoms with Crippen LogP contribution in [0.15, 0.2) is 71.8 Å². The molecular weight excluding hydrogens is 388 g/mol. The average molecular weight is 415 g/mol. The van der Waals surface area contributed by atoms with Gasteiger partial charge < -0.3 is 9.47 Å². The van der Waals surface area contributed by atoms with Gasteiger partial charge in [-0.15, -0.1) is 0 Å². The fourth-order valence-electron chi connectivity index (χ4n) is 6.31. The molecule has 0 heterocycles. The fraction of sp³-hybridized carbons (Fsp3) is 0.333. The van der Waals surface area contributed by atoms with E-state index in [9.17, 15) is 9.59 Å². The standard InChI is InChI=1S/C27H26O4/c1-18(28)30-26-22(13-20-9-5-3-6-10-20)15-25-17-24(26)16-23(27(25,26)31-19(2)29)14-21-11-7-4-8-12-21/h3-14,24-25H,15-17H2,1-2H3/b22-13+,23-14+. The van der Waals surface area contributed by atoms with E-state index in [0.29, 0.717) is 0 Å². The summed E-state index contributed by atoms with van der Waals surface area (Å²) in [5, 5.41) is 0. The molecule has 4 bridgehead atoms. The largest absolute Gasteiger partial charge is 0.450 e. The van der Waals surface area contributed by atoms with Gasteiger partial charge in [-0.25, -0.2) is 0 Å². The third-order valence-electron chi connectivity index (χ3n) is 7.05. The van der Waals surface area contributed by atoms with Crippen molar-refractivity contribution in [2.45, 2.75) is 44.3 Å². The van der Waals surface area contributed by atoms with Crippen LogP contribution in [0.1, 0.15) is 44.2 Å². The van der Waals surface area contributed by atoms with Crippen LogP contribution in [-0.2, 0) is 19.1 Å². The number of benzene rings is 2. The van der Waals surface area contributed by atoms with Crippen molar-refractivity contribution in [2.24, 2.45) is 11.8 Å². The number of esters is 2. The third kappa shape index (κ3) is 2.88. The monoisotopic (exact) mass is 414 g/mol. The Morgan fingerprint density at radius 1 is 0.742 bits per heavy atom. The molecule has 0 amide bonds. The highest BCUT2D eigenvalue weighted by atomic mass is 16.6. The first-order valence-electron chi connectivity index (χ1n) is 10.9. The fourth-order valence-corrected chi connectivity index (χ4v) is 6.31. The summed E-state index contributed by atoms with van der Waals surface area (Å²) >= 11 is 0. The Bertz CT molecular complexity index is 997. The lowest BCUT2D eigenvalue weighted by atomic mass is 9.79. The number of ether oxygens (including phenoxy) is 2. The predicted octanol–water partition coefficient (Wildman–Crippen LogP) is 5.20. The number of carbonyl (C=O) groups excluding carboxylic acids is 2. The van der Waals surface area contributed by atoms with Crippen molar-refractivity contribution < 1.29 is 19.1 Å². The lowest BCUT2D eigenvalue weighted by Crippen LogP contribution is -2.54. The van der Waals surface area contributed by atoms with Crippen LogP contribution in [-0.4, -0.2) is 23.1 Å². The summed E-state index contributed by atoms with van der Waals surface area (Å²) in [5.74, 6) is -0.494. The summed E-state index contributed by atoms with van der Waals surface area (Å²) in [5.41, 5.74) is 2.34. The predicted molar refractivity (Wildman–Crippen MR) is 119 cm³/mol. The van der Waals surface area contributed by atoms with E-state index in [1.165, 1.54) is 13.8 Å². The summed E-state index contributed by atoms with van der Waals surface area (Å²) < 4.78 is 12.4. The van der Waals surface area contributed by atoms with Crippen LogP contribution in [0.2, 0.25) is 0 Å². The number of rotatable bonds is 4. The summed E-state index contributed by atoms with van der Waals surface area (Å²) in [6.45, 7) is 2.89. The van der Waals surface area contributed by atoms with Gasteiger partial charge in [0.05, 0.1) is 0 Å². The molecule has 0 aliphatic heterocycles. The van der Waals surface area contributed by atoms with Crippen molar-refractivity contribution in [3.8, 4) is 0 Å². The van der Waals surface area contributed by atoms with E-state index in [0.717, 1.165) is 41.5 Å². The molecule has 3 aliphatic carbocycles. The van der Waals surface area contributed by atoms with Gasteiger partial charge in [-0.05, 0) is 41.5 Å². The van der Waals surface area contributed by atoms with Gasteiger partial charge in [0.1, 0.15) is 0 Å². The molecule has 3 fully saturated rings. The average Bonchev–Trinajstić information content (AvgIpc) is 3.22. The van der Waals surface area contributed by atoms with Gasteiger partial charge in [-0.1, -0.05) is 72.8 Å². The zero-order chi connectivity index (χ0) is 21.6. The molecular formula is C27H26O4. The molecule has 0 aromatic heterocycles. The topological polar surface area (TPSA) is 52.6 Å². The lowest BCUT2D eigenvalue weighted by molar-refractivity contribution is -0.185. The zero-order valence-electron chi connectivity index (χ0n) is 17.8. The Morgan fingerprint density at radius 2 is 1.13 bits per heavy atom. The van der Waals surface area contributed by atoms with Crippen LogP contribution in [0.4, 0.5) is 0 Å². The molecule has 4 heteroatoms. The van der Waals surface area contributed by atoms with Crippen molar-refractivity contribution in [3.63, 3.8) is 0 Å². The normalized spacial score (nSPS) is 33.1. The molecule has 0 radical (unpaired) electrons. The molecule has 3 aliphatic rings. The molecule has 2 aromatic rings. The van der Waals surface area contributed by atoms with E-state index in [-0.39, 0.29) is 23.8 Å². The van der Waals surface area contributed by atoms with Gasteiger partial charge >= 0.3 is 11.9 Å². The molecule has 5 rings (SSSR count). The smallest absolute Gasteiger partial charge is 0.303 e. The summed E-state index contributed by atoms with van der Waals surface area (Å²) in [6, 6.07) is 20.1. The van der Waals surface area contributed by atoms with E-state index in [1.54, 1.807) is 0 Å². The highest BCUT2D eigenvalue weighted by Crippen LogP contribution is 2.73. The highest BCUT2D eigenvalue weighted by molar-refractivity contribution is 5.76. The Balaban J connectivity index is 1.71. The van der Waals surface area contributed by atoms with Crippen LogP contribution in [0, 0.1) is 11.8 Å². The Labute approximate surface area is 182 Å². The Hall–Kier alpha value is -3.14. The SMILES string of the molecule is CC(=O)OC12/C(=C/c3ccccc3)CC3CC1C/C(=C\c1ccccc1)C32OC(C)=O. The summed E-state index contributed by atoms with van der Waals surface area (Å²) in [4.78, 5) is 24.8. The molecule has 31 heavy (non-hydrogen) atoms. The van der Waals surface area contributed by atoms with Crippen LogP contribution < -0.4 is 0 Å². The van der Waals surface area contributed by atoms with Crippen molar-refractivity contribution in [2.75, 3.05) is 0 Å². The highest BCUT2D eigenvalue weighted by Gasteiger charge is 2.80. The van der Waals surface area contributed by atoms with Gasteiger partial charge in [0, 0.05) is 25.7 Å². The molecule has 0 saturated heterocycles. The molecule has 158 valence electrons. The maximum absolute atomic E-state index is 12.4. The minimum absolute atomic E-state index is 0.0967. The first kappa shape index (κ1) is 19.8. The number of hydrogen-bond donors (Lipinski definition) is 0. The summed E-state index contributed by atoms with van der Waals surface area (Å²) in [6.07, 6.45) is 6.63. The third-order valence-corrected chi connectivity index (χ3v) is 7.05. The van der Waals surface area contributed by atoms with Gasteiger partial charge in [-0.2, -0.15) is 0 Å². The van der Waals surface area contributed by atoms with Crippen LogP contribution in [0.25, 0.3) is 12.2 Å². The number of carbonyl (C=O) groups is 2. The van der Waals surface area contributed by atoms with Crippen molar-refractivity contribution in [1.82, 2.24) is 0 Å². The number of hydrogen-bond acceptors (Lipinski definition) is 4.